The van der Waals surface area contributed by atoms with Crippen LogP contribution >= 0.6 is 0 Å². The lowest BCUT2D eigenvalue weighted by Crippen LogP contribution is -2.39. The van der Waals surface area contributed by atoms with E-state index in [-0.39, 0.29) is 18.0 Å². The summed E-state index contributed by atoms with van der Waals surface area (Å²) < 4.78 is 0. The second-order valence-electron chi connectivity index (χ2n) is 6.19. The SMILES string of the molecule is O=C(Nc1cnc(-c2ccccc2)nc1)C1CC(c2ccccc2)NN1. The van der Waals surface area contributed by atoms with Gasteiger partial charge in [0.15, 0.2) is 5.82 Å². The molecule has 2 atom stereocenters. The number of hydrogen-bond donors (Lipinski definition) is 3. The van der Waals surface area contributed by atoms with Gasteiger partial charge in [-0.3, -0.25) is 4.79 Å². The first kappa shape index (κ1) is 16.4. The molecule has 1 aliphatic heterocycles. The Kier molecular flexibility index (Phi) is 4.68. The quantitative estimate of drug-likeness (QED) is 0.678. The van der Waals surface area contributed by atoms with Crippen molar-refractivity contribution in [3.05, 3.63) is 78.6 Å². The zero-order valence-electron chi connectivity index (χ0n) is 14.1. The molecule has 26 heavy (non-hydrogen) atoms. The van der Waals surface area contributed by atoms with Crippen LogP contribution in [0.5, 0.6) is 0 Å². The fourth-order valence-electron chi connectivity index (χ4n) is 2.99. The van der Waals surface area contributed by atoms with Gasteiger partial charge < -0.3 is 5.32 Å². The van der Waals surface area contributed by atoms with Crippen LogP contribution in [-0.4, -0.2) is 21.9 Å². The number of rotatable bonds is 4. The number of nitrogens with one attached hydrogen (secondary N) is 3. The molecular formula is C20H19N5O. The van der Waals surface area contributed by atoms with E-state index < -0.39 is 0 Å². The van der Waals surface area contributed by atoms with Crippen LogP contribution < -0.4 is 16.2 Å². The van der Waals surface area contributed by atoms with Gasteiger partial charge in [0.1, 0.15) is 6.04 Å². The lowest BCUT2D eigenvalue weighted by atomic mass is 10.0. The molecule has 1 amide bonds. The summed E-state index contributed by atoms with van der Waals surface area (Å²) in [7, 11) is 0. The molecule has 4 rings (SSSR count). The summed E-state index contributed by atoms with van der Waals surface area (Å²) in [6.07, 6.45) is 3.94. The molecule has 1 aliphatic rings. The summed E-state index contributed by atoms with van der Waals surface area (Å²) in [6, 6.07) is 19.6. The van der Waals surface area contributed by atoms with Crippen molar-refractivity contribution in [3.8, 4) is 11.4 Å². The third-order valence-corrected chi connectivity index (χ3v) is 4.37. The van der Waals surface area contributed by atoms with Crippen LogP contribution in [0.1, 0.15) is 18.0 Å². The number of nitrogens with zero attached hydrogens (tertiary/aromatic N) is 2. The minimum Gasteiger partial charge on any atom is -0.322 e. The van der Waals surface area contributed by atoms with Gasteiger partial charge in [-0.05, 0) is 12.0 Å². The van der Waals surface area contributed by atoms with Gasteiger partial charge in [0.05, 0.1) is 18.1 Å². The number of carbonyl (C=O) groups is 1. The summed E-state index contributed by atoms with van der Waals surface area (Å²) in [4.78, 5) is 21.1. The summed E-state index contributed by atoms with van der Waals surface area (Å²) in [5.41, 5.74) is 8.92. The smallest absolute Gasteiger partial charge is 0.243 e. The van der Waals surface area contributed by atoms with E-state index in [1.165, 1.54) is 0 Å². The first-order chi connectivity index (χ1) is 12.8. The van der Waals surface area contributed by atoms with Gasteiger partial charge in [-0.1, -0.05) is 60.7 Å². The largest absolute Gasteiger partial charge is 0.322 e. The molecule has 2 aromatic carbocycles. The van der Waals surface area contributed by atoms with E-state index in [0.717, 1.165) is 11.1 Å². The van der Waals surface area contributed by atoms with Gasteiger partial charge in [0, 0.05) is 11.6 Å². The number of hydrazine groups is 1. The highest BCUT2D eigenvalue weighted by atomic mass is 16.2. The Hall–Kier alpha value is -3.09. The summed E-state index contributed by atoms with van der Waals surface area (Å²) in [5.74, 6) is 0.528. The highest BCUT2D eigenvalue weighted by molar-refractivity contribution is 5.94. The first-order valence-electron chi connectivity index (χ1n) is 8.54. The van der Waals surface area contributed by atoms with Crippen LogP contribution in [0.15, 0.2) is 73.1 Å². The van der Waals surface area contributed by atoms with Crippen molar-refractivity contribution < 1.29 is 4.79 Å². The fourth-order valence-corrected chi connectivity index (χ4v) is 2.99. The predicted octanol–water partition coefficient (Wildman–Crippen LogP) is 2.69. The molecule has 0 bridgehead atoms. The molecule has 6 heteroatoms. The van der Waals surface area contributed by atoms with E-state index in [1.54, 1.807) is 12.4 Å². The Balaban J connectivity index is 1.38. The maximum absolute atomic E-state index is 12.5. The minimum atomic E-state index is -0.311. The Bertz CT molecular complexity index is 868. The van der Waals surface area contributed by atoms with E-state index in [9.17, 15) is 4.79 Å². The number of anilines is 1. The van der Waals surface area contributed by atoms with Gasteiger partial charge in [-0.2, -0.15) is 0 Å². The van der Waals surface area contributed by atoms with Crippen molar-refractivity contribution in [2.45, 2.75) is 18.5 Å². The van der Waals surface area contributed by atoms with Crippen LogP contribution in [0, 0.1) is 0 Å². The molecule has 2 heterocycles. The van der Waals surface area contributed by atoms with Crippen LogP contribution in [0.3, 0.4) is 0 Å². The Morgan fingerprint density at radius 3 is 2.27 bits per heavy atom. The van der Waals surface area contributed by atoms with Crippen molar-refractivity contribution in [2.24, 2.45) is 0 Å². The second kappa shape index (κ2) is 7.43. The highest BCUT2D eigenvalue weighted by Gasteiger charge is 2.30. The van der Waals surface area contributed by atoms with E-state index in [0.29, 0.717) is 17.9 Å². The van der Waals surface area contributed by atoms with E-state index in [1.807, 2.05) is 48.5 Å². The lowest BCUT2D eigenvalue weighted by molar-refractivity contribution is -0.117. The van der Waals surface area contributed by atoms with E-state index in [2.05, 4.69) is 38.3 Å². The van der Waals surface area contributed by atoms with Crippen molar-refractivity contribution in [2.75, 3.05) is 5.32 Å². The average molecular weight is 345 g/mol. The van der Waals surface area contributed by atoms with Crippen molar-refractivity contribution in [1.82, 2.24) is 20.8 Å². The normalized spacial score (nSPS) is 19.2. The molecule has 3 aromatic rings. The summed E-state index contributed by atoms with van der Waals surface area (Å²) in [5, 5.41) is 2.87. The van der Waals surface area contributed by atoms with Crippen LogP contribution in [0.25, 0.3) is 11.4 Å². The summed E-state index contributed by atoms with van der Waals surface area (Å²) in [6.45, 7) is 0. The summed E-state index contributed by atoms with van der Waals surface area (Å²) >= 11 is 0. The number of amides is 1. The lowest BCUT2D eigenvalue weighted by Gasteiger charge is -2.10. The molecule has 6 nitrogen and oxygen atoms in total. The zero-order valence-corrected chi connectivity index (χ0v) is 14.1. The number of carbonyl (C=O) groups excluding carboxylic acids is 1. The predicted molar refractivity (Wildman–Crippen MR) is 100.0 cm³/mol. The van der Waals surface area contributed by atoms with Crippen LogP contribution in [-0.2, 0) is 4.79 Å². The monoisotopic (exact) mass is 345 g/mol. The van der Waals surface area contributed by atoms with Gasteiger partial charge >= 0.3 is 0 Å². The molecule has 0 spiro atoms. The van der Waals surface area contributed by atoms with Gasteiger partial charge in [0.2, 0.25) is 5.91 Å². The third kappa shape index (κ3) is 3.61. The van der Waals surface area contributed by atoms with Gasteiger partial charge in [0.25, 0.3) is 0 Å². The zero-order chi connectivity index (χ0) is 17.8. The molecule has 0 radical (unpaired) electrons. The molecule has 0 saturated carbocycles. The van der Waals surface area contributed by atoms with Gasteiger partial charge in [-0.15, -0.1) is 0 Å². The maximum Gasteiger partial charge on any atom is 0.243 e. The minimum absolute atomic E-state index is 0.105. The topological polar surface area (TPSA) is 78.9 Å². The molecule has 130 valence electrons. The van der Waals surface area contributed by atoms with Crippen molar-refractivity contribution in [1.29, 1.82) is 0 Å². The van der Waals surface area contributed by atoms with Gasteiger partial charge in [-0.25, -0.2) is 20.8 Å². The highest BCUT2D eigenvalue weighted by Crippen LogP contribution is 2.22. The fraction of sp³-hybridized carbons (Fsp3) is 0.150. The van der Waals surface area contributed by atoms with Crippen LogP contribution in [0.2, 0.25) is 0 Å². The van der Waals surface area contributed by atoms with Crippen molar-refractivity contribution in [3.63, 3.8) is 0 Å². The number of aromatic nitrogens is 2. The molecule has 1 fully saturated rings. The first-order valence-corrected chi connectivity index (χ1v) is 8.54. The third-order valence-electron chi connectivity index (χ3n) is 4.37. The number of benzene rings is 2. The molecular weight excluding hydrogens is 326 g/mol. The Labute approximate surface area is 151 Å². The molecule has 1 saturated heterocycles. The second-order valence-corrected chi connectivity index (χ2v) is 6.19. The number of hydrogen-bond acceptors (Lipinski definition) is 5. The van der Waals surface area contributed by atoms with E-state index in [4.69, 9.17) is 0 Å². The van der Waals surface area contributed by atoms with E-state index >= 15 is 0 Å². The maximum atomic E-state index is 12.5. The van der Waals surface area contributed by atoms with Crippen LogP contribution in [0.4, 0.5) is 5.69 Å². The van der Waals surface area contributed by atoms with Crippen molar-refractivity contribution >= 4 is 11.6 Å². The average Bonchev–Trinajstić information content (AvgIpc) is 3.20. The molecule has 1 aromatic heterocycles. The Morgan fingerprint density at radius 1 is 0.923 bits per heavy atom. The molecule has 0 aliphatic carbocycles. The standard InChI is InChI=1S/C20H19N5O/c26-20(18-11-17(24-25-18)14-7-3-1-4-8-14)23-16-12-21-19(22-13-16)15-9-5-2-6-10-15/h1-10,12-13,17-18,24-25H,11H2,(H,23,26). The molecule has 3 N–H and O–H groups in total. The molecule has 2 unspecified atom stereocenters. The Morgan fingerprint density at radius 2 is 1.58 bits per heavy atom.